The van der Waals surface area contributed by atoms with Crippen molar-refractivity contribution in [3.63, 3.8) is 0 Å². The largest absolute Gasteiger partial charge is 0.481 e. The highest BCUT2D eigenvalue weighted by atomic mass is 16.5. The molecule has 0 radical (unpaired) electrons. The first-order valence-electron chi connectivity index (χ1n) is 12.1. The highest BCUT2D eigenvalue weighted by molar-refractivity contribution is 5.86. The van der Waals surface area contributed by atoms with Gasteiger partial charge >= 0.3 is 12.1 Å². The maximum Gasteiger partial charge on any atom is 0.407 e. The van der Waals surface area contributed by atoms with Crippen LogP contribution in [0.25, 0.3) is 11.1 Å². The minimum absolute atomic E-state index is 0.0643. The third kappa shape index (κ3) is 6.37. The number of hydrogen-bond donors (Lipinski definition) is 3. The predicted octanol–water partition coefficient (Wildman–Crippen LogP) is 4.84. The second-order valence-electron chi connectivity index (χ2n) is 8.76. The predicted molar refractivity (Wildman–Crippen MR) is 131 cm³/mol. The number of alkyl carbamates (subject to hydrolysis) is 1. The number of hydrogen-bond acceptors (Lipinski definition) is 4. The van der Waals surface area contributed by atoms with Gasteiger partial charge < -0.3 is 20.5 Å². The van der Waals surface area contributed by atoms with Gasteiger partial charge in [-0.05, 0) is 35.1 Å². The topological polar surface area (TPSA) is 105 Å². The Morgan fingerprint density at radius 2 is 1.53 bits per heavy atom. The summed E-state index contributed by atoms with van der Waals surface area (Å²) in [4.78, 5) is 36.7. The summed E-state index contributed by atoms with van der Waals surface area (Å²) in [5, 5.41) is 14.6. The number of carbonyl (C=O) groups is 3. The van der Waals surface area contributed by atoms with Crippen molar-refractivity contribution >= 4 is 18.0 Å². The number of benzene rings is 2. The molecule has 0 heterocycles. The number of nitrogens with one attached hydrogen (secondary N) is 2. The maximum atomic E-state index is 12.8. The van der Waals surface area contributed by atoms with Crippen LogP contribution >= 0.6 is 0 Å². The van der Waals surface area contributed by atoms with Gasteiger partial charge in [0, 0.05) is 12.0 Å². The first kappa shape index (κ1) is 25.3. The van der Waals surface area contributed by atoms with E-state index in [9.17, 15) is 14.4 Å². The number of carbonyl (C=O) groups excluding carboxylic acids is 2. The van der Waals surface area contributed by atoms with Gasteiger partial charge in [0.05, 0.1) is 6.42 Å². The molecule has 182 valence electrons. The first-order chi connectivity index (χ1) is 16.4. The van der Waals surface area contributed by atoms with E-state index in [1.165, 1.54) is 0 Å². The molecule has 3 N–H and O–H groups in total. The van der Waals surface area contributed by atoms with Gasteiger partial charge in [-0.15, -0.1) is 0 Å². The molecule has 0 saturated heterocycles. The number of carboxylic acids is 1. The number of rotatable bonds is 12. The van der Waals surface area contributed by atoms with E-state index in [0.29, 0.717) is 19.3 Å². The zero-order valence-electron chi connectivity index (χ0n) is 19.9. The molecule has 2 aromatic rings. The minimum Gasteiger partial charge on any atom is -0.481 e. The molecule has 1 aliphatic rings. The summed E-state index contributed by atoms with van der Waals surface area (Å²) in [6.45, 7) is 4.10. The van der Waals surface area contributed by atoms with E-state index in [0.717, 1.165) is 35.1 Å². The van der Waals surface area contributed by atoms with Crippen molar-refractivity contribution in [2.45, 2.75) is 70.4 Å². The fourth-order valence-electron chi connectivity index (χ4n) is 4.53. The molecule has 1 unspecified atom stereocenters. The summed E-state index contributed by atoms with van der Waals surface area (Å²) in [7, 11) is 0. The lowest BCUT2D eigenvalue weighted by Crippen LogP contribution is -2.50. The molecule has 0 spiro atoms. The average Bonchev–Trinajstić information content (AvgIpc) is 3.14. The third-order valence-electron chi connectivity index (χ3n) is 6.20. The first-order valence-corrected chi connectivity index (χ1v) is 12.1. The highest BCUT2D eigenvalue weighted by Gasteiger charge is 2.30. The van der Waals surface area contributed by atoms with Crippen molar-refractivity contribution in [3.8, 4) is 11.1 Å². The molecule has 0 fully saturated rings. The van der Waals surface area contributed by atoms with Gasteiger partial charge in [-0.25, -0.2) is 4.79 Å². The Hall–Kier alpha value is -3.35. The highest BCUT2D eigenvalue weighted by Crippen LogP contribution is 2.44. The van der Waals surface area contributed by atoms with Gasteiger partial charge in [-0.1, -0.05) is 81.6 Å². The Balaban J connectivity index is 1.62. The van der Waals surface area contributed by atoms with Crippen LogP contribution in [0.15, 0.2) is 48.5 Å². The molecule has 0 bridgehead atoms. The van der Waals surface area contributed by atoms with Crippen LogP contribution in [0, 0.1) is 0 Å². The number of carboxylic acid groups (broad SMARTS) is 1. The summed E-state index contributed by atoms with van der Waals surface area (Å²) in [5.41, 5.74) is 4.53. The van der Waals surface area contributed by atoms with Crippen molar-refractivity contribution in [2.24, 2.45) is 0 Å². The van der Waals surface area contributed by atoms with E-state index in [1.807, 2.05) is 50.2 Å². The van der Waals surface area contributed by atoms with E-state index in [-0.39, 0.29) is 24.9 Å². The lowest BCUT2D eigenvalue weighted by molar-refractivity contribution is -0.137. The Morgan fingerprint density at radius 3 is 2.09 bits per heavy atom. The van der Waals surface area contributed by atoms with Crippen LogP contribution in [0.2, 0.25) is 0 Å². The van der Waals surface area contributed by atoms with Crippen LogP contribution in [0.1, 0.15) is 69.4 Å². The summed E-state index contributed by atoms with van der Waals surface area (Å²) in [6.07, 6.45) is 2.62. The summed E-state index contributed by atoms with van der Waals surface area (Å²) in [5.74, 6) is -1.40. The van der Waals surface area contributed by atoms with Crippen LogP contribution in [0.5, 0.6) is 0 Å². The SMILES string of the molecule is CCCC[C@H](CC(=O)O)NC(=O)C(CCC)NC(=O)OCC1c2ccccc2-c2ccccc21. The van der Waals surface area contributed by atoms with E-state index in [1.54, 1.807) is 0 Å². The lowest BCUT2D eigenvalue weighted by atomic mass is 9.98. The van der Waals surface area contributed by atoms with E-state index in [4.69, 9.17) is 9.84 Å². The van der Waals surface area contributed by atoms with Gasteiger partial charge in [-0.2, -0.15) is 0 Å². The summed E-state index contributed by atoms with van der Waals surface area (Å²) in [6, 6.07) is 14.9. The van der Waals surface area contributed by atoms with Crippen molar-refractivity contribution < 1.29 is 24.2 Å². The van der Waals surface area contributed by atoms with Gasteiger partial charge in [-0.3, -0.25) is 9.59 Å². The molecule has 2 atom stereocenters. The Labute approximate surface area is 200 Å². The van der Waals surface area contributed by atoms with Gasteiger partial charge in [0.15, 0.2) is 0 Å². The van der Waals surface area contributed by atoms with Crippen molar-refractivity contribution in [2.75, 3.05) is 6.61 Å². The third-order valence-corrected chi connectivity index (χ3v) is 6.20. The molecule has 7 heteroatoms. The fourth-order valence-corrected chi connectivity index (χ4v) is 4.53. The monoisotopic (exact) mass is 466 g/mol. The van der Waals surface area contributed by atoms with Crippen LogP contribution in [-0.2, 0) is 14.3 Å². The van der Waals surface area contributed by atoms with Crippen LogP contribution < -0.4 is 10.6 Å². The molecule has 3 rings (SSSR count). The molecule has 7 nitrogen and oxygen atoms in total. The molecule has 0 aromatic heterocycles. The molecule has 2 aromatic carbocycles. The van der Waals surface area contributed by atoms with E-state index in [2.05, 4.69) is 22.8 Å². The number of aliphatic carboxylic acids is 1. The summed E-state index contributed by atoms with van der Waals surface area (Å²) >= 11 is 0. The zero-order chi connectivity index (χ0) is 24.5. The minimum atomic E-state index is -0.960. The van der Waals surface area contributed by atoms with Crippen LogP contribution in [-0.4, -0.2) is 41.8 Å². The molecular formula is C27H34N2O5. The van der Waals surface area contributed by atoms with Crippen molar-refractivity contribution in [1.82, 2.24) is 10.6 Å². The van der Waals surface area contributed by atoms with E-state index < -0.39 is 24.1 Å². The fraction of sp³-hybridized carbons (Fsp3) is 0.444. The maximum absolute atomic E-state index is 12.8. The molecule has 0 aliphatic heterocycles. The molecule has 2 amide bonds. The standard InChI is InChI=1S/C27H34N2O5/c1-3-5-11-18(16-25(30)31)28-26(32)24(10-4-2)29-27(33)34-17-23-21-14-8-6-12-19(21)20-13-7-9-15-22(20)23/h6-9,12-15,18,23-24H,3-5,10-11,16-17H2,1-2H3,(H,28,32)(H,29,33)(H,30,31)/t18-,24?/m1/s1. The summed E-state index contributed by atoms with van der Waals surface area (Å²) < 4.78 is 5.58. The van der Waals surface area contributed by atoms with Crippen molar-refractivity contribution in [1.29, 1.82) is 0 Å². The Morgan fingerprint density at radius 1 is 0.912 bits per heavy atom. The quantitative estimate of drug-likeness (QED) is 0.415. The second kappa shape index (κ2) is 12.2. The molecular weight excluding hydrogens is 432 g/mol. The smallest absolute Gasteiger partial charge is 0.407 e. The average molecular weight is 467 g/mol. The molecule has 1 aliphatic carbocycles. The lowest BCUT2D eigenvalue weighted by Gasteiger charge is -2.23. The number of ether oxygens (including phenoxy) is 1. The van der Waals surface area contributed by atoms with Gasteiger partial charge in [0.25, 0.3) is 0 Å². The van der Waals surface area contributed by atoms with Gasteiger partial charge in [0.1, 0.15) is 12.6 Å². The zero-order valence-corrected chi connectivity index (χ0v) is 19.9. The normalized spacial score (nSPS) is 13.9. The second-order valence-corrected chi connectivity index (χ2v) is 8.76. The Kier molecular flexibility index (Phi) is 9.08. The number of fused-ring (bicyclic) bond motifs is 3. The van der Waals surface area contributed by atoms with Crippen LogP contribution in [0.3, 0.4) is 0 Å². The number of unbranched alkanes of at least 4 members (excludes halogenated alkanes) is 1. The van der Waals surface area contributed by atoms with Crippen LogP contribution in [0.4, 0.5) is 4.79 Å². The number of amides is 2. The van der Waals surface area contributed by atoms with E-state index >= 15 is 0 Å². The molecule has 34 heavy (non-hydrogen) atoms. The van der Waals surface area contributed by atoms with Gasteiger partial charge in [0.2, 0.25) is 5.91 Å². The molecule has 0 saturated carbocycles. The Bertz CT molecular complexity index is 961. The van der Waals surface area contributed by atoms with Crippen molar-refractivity contribution in [3.05, 3.63) is 59.7 Å².